The van der Waals surface area contributed by atoms with Crippen molar-refractivity contribution in [1.29, 1.82) is 0 Å². The van der Waals surface area contributed by atoms with Gasteiger partial charge >= 0.3 is 12.4 Å². The molecule has 92 valence electrons. The Hall–Kier alpha value is -1.24. The van der Waals surface area contributed by atoms with E-state index in [0.29, 0.717) is 6.54 Å². The minimum absolute atomic E-state index is 0.0899. The van der Waals surface area contributed by atoms with Crippen molar-refractivity contribution >= 4 is 11.9 Å². The number of alkyl halides is 2. The van der Waals surface area contributed by atoms with Crippen LogP contribution >= 0.6 is 0 Å². The van der Waals surface area contributed by atoms with Gasteiger partial charge in [0.2, 0.25) is 0 Å². The zero-order chi connectivity index (χ0) is 12.1. The highest BCUT2D eigenvalue weighted by Gasteiger charge is 2.36. The number of rotatable bonds is 3. The Kier molecular flexibility index (Phi) is 4.60. The van der Waals surface area contributed by atoms with Crippen LogP contribution in [-0.4, -0.2) is 55.5 Å². The molecule has 7 heteroatoms. The van der Waals surface area contributed by atoms with Gasteiger partial charge in [-0.25, -0.2) is 4.79 Å². The molecule has 1 rings (SSSR count). The van der Waals surface area contributed by atoms with Gasteiger partial charge in [-0.2, -0.15) is 8.78 Å². The lowest BCUT2D eigenvalue weighted by molar-refractivity contribution is -0.160. The summed E-state index contributed by atoms with van der Waals surface area (Å²) in [7, 11) is 0. The lowest BCUT2D eigenvalue weighted by Gasteiger charge is -2.34. The first-order valence-corrected chi connectivity index (χ1v) is 5.04. The van der Waals surface area contributed by atoms with E-state index < -0.39 is 24.3 Å². The maximum absolute atomic E-state index is 12.3. The minimum Gasteiger partial charge on any atom is -0.464 e. The number of piperazine rings is 1. The molecule has 0 aromatic heterocycles. The molecular weight excluding hydrogens is 222 g/mol. The van der Waals surface area contributed by atoms with E-state index in [0.717, 1.165) is 4.90 Å². The average Bonchev–Trinajstić information content (AvgIpc) is 2.28. The van der Waals surface area contributed by atoms with E-state index in [1.54, 1.807) is 6.92 Å². The number of hydrogen-bond donors (Lipinski definition) is 1. The summed E-state index contributed by atoms with van der Waals surface area (Å²) in [6.45, 7) is 2.41. The van der Waals surface area contributed by atoms with Crippen LogP contribution in [-0.2, 0) is 14.3 Å². The van der Waals surface area contributed by atoms with E-state index in [4.69, 9.17) is 4.74 Å². The number of esters is 1. The largest absolute Gasteiger partial charge is 0.464 e. The second-order valence-corrected chi connectivity index (χ2v) is 3.30. The second kappa shape index (κ2) is 5.74. The standard InChI is InChI=1S/C9H14F2N2O3/c1-2-16-9(15)6-5-12-3-4-13(6)8(14)7(10)11/h6-7,12H,2-5H2,1H3. The first-order valence-electron chi connectivity index (χ1n) is 5.04. The van der Waals surface area contributed by atoms with Crippen LogP contribution in [0.4, 0.5) is 8.78 Å². The zero-order valence-corrected chi connectivity index (χ0v) is 8.91. The molecule has 1 aliphatic heterocycles. The third-order valence-corrected chi connectivity index (χ3v) is 2.27. The van der Waals surface area contributed by atoms with Crippen LogP contribution in [0.25, 0.3) is 0 Å². The highest BCUT2D eigenvalue weighted by molar-refractivity contribution is 5.86. The number of hydrogen-bond acceptors (Lipinski definition) is 4. The first-order chi connectivity index (χ1) is 7.57. The van der Waals surface area contributed by atoms with Crippen molar-refractivity contribution in [1.82, 2.24) is 10.2 Å². The van der Waals surface area contributed by atoms with Crippen molar-refractivity contribution in [3.8, 4) is 0 Å². The normalized spacial score (nSPS) is 21.0. The molecule has 0 saturated carbocycles. The van der Waals surface area contributed by atoms with Crippen molar-refractivity contribution in [2.75, 3.05) is 26.2 Å². The summed E-state index contributed by atoms with van der Waals surface area (Å²) < 4.78 is 29.3. The SMILES string of the molecule is CCOC(=O)C1CNCCN1C(=O)C(F)F. The molecular formula is C9H14F2N2O3. The van der Waals surface area contributed by atoms with Crippen LogP contribution in [0, 0.1) is 0 Å². The Balaban J connectivity index is 2.71. The average molecular weight is 236 g/mol. The topological polar surface area (TPSA) is 58.6 Å². The molecule has 0 aromatic carbocycles. The Labute approximate surface area is 91.7 Å². The van der Waals surface area contributed by atoms with E-state index in [2.05, 4.69) is 5.32 Å². The van der Waals surface area contributed by atoms with Crippen molar-refractivity contribution in [2.24, 2.45) is 0 Å². The van der Waals surface area contributed by atoms with E-state index in [-0.39, 0.29) is 19.7 Å². The minimum atomic E-state index is -3.09. The summed E-state index contributed by atoms with van der Waals surface area (Å²) in [5.74, 6) is -1.97. The summed E-state index contributed by atoms with van der Waals surface area (Å²) in [6, 6.07) is -0.949. The Morgan fingerprint density at radius 2 is 2.25 bits per heavy atom. The lowest BCUT2D eigenvalue weighted by Crippen LogP contribution is -2.58. The van der Waals surface area contributed by atoms with Gasteiger partial charge in [0.1, 0.15) is 6.04 Å². The molecule has 1 aliphatic rings. The number of carbonyl (C=O) groups is 2. The molecule has 0 aromatic rings. The second-order valence-electron chi connectivity index (χ2n) is 3.30. The smallest absolute Gasteiger partial charge is 0.330 e. The van der Waals surface area contributed by atoms with E-state index in [1.807, 2.05) is 0 Å². The summed E-state index contributed by atoms with van der Waals surface area (Å²) in [4.78, 5) is 23.5. The van der Waals surface area contributed by atoms with Crippen LogP contribution < -0.4 is 5.32 Å². The van der Waals surface area contributed by atoms with Crippen molar-refractivity contribution < 1.29 is 23.1 Å². The summed E-state index contributed by atoms with van der Waals surface area (Å²) in [5, 5.41) is 2.86. The van der Waals surface area contributed by atoms with Crippen LogP contribution in [0.15, 0.2) is 0 Å². The van der Waals surface area contributed by atoms with Gasteiger partial charge in [-0.1, -0.05) is 0 Å². The number of nitrogens with one attached hydrogen (secondary N) is 1. The van der Waals surface area contributed by atoms with E-state index in [1.165, 1.54) is 0 Å². The molecule has 1 saturated heterocycles. The van der Waals surface area contributed by atoms with Crippen LogP contribution in [0.1, 0.15) is 6.92 Å². The predicted molar refractivity (Wildman–Crippen MR) is 51.0 cm³/mol. The fourth-order valence-corrected chi connectivity index (χ4v) is 1.54. The van der Waals surface area contributed by atoms with Crippen molar-refractivity contribution in [3.63, 3.8) is 0 Å². The molecule has 1 unspecified atom stereocenters. The maximum atomic E-state index is 12.3. The van der Waals surface area contributed by atoms with Crippen molar-refractivity contribution in [2.45, 2.75) is 19.4 Å². The Bertz CT molecular complexity index is 273. The third kappa shape index (κ3) is 2.88. The quantitative estimate of drug-likeness (QED) is 0.678. The predicted octanol–water partition coefficient (Wildman–Crippen LogP) is -0.385. The fraction of sp³-hybridized carbons (Fsp3) is 0.778. The van der Waals surface area contributed by atoms with Gasteiger partial charge in [0, 0.05) is 19.6 Å². The van der Waals surface area contributed by atoms with Gasteiger partial charge in [-0.3, -0.25) is 4.79 Å². The molecule has 1 fully saturated rings. The fourth-order valence-electron chi connectivity index (χ4n) is 1.54. The van der Waals surface area contributed by atoms with Gasteiger partial charge in [0.15, 0.2) is 0 Å². The first kappa shape index (κ1) is 12.8. The molecule has 0 spiro atoms. The van der Waals surface area contributed by atoms with Gasteiger partial charge in [-0.15, -0.1) is 0 Å². The molecule has 1 atom stereocenters. The van der Waals surface area contributed by atoms with Gasteiger partial charge in [-0.05, 0) is 6.92 Å². The number of ether oxygens (including phenoxy) is 1. The molecule has 0 radical (unpaired) electrons. The lowest BCUT2D eigenvalue weighted by atomic mass is 10.2. The molecule has 1 heterocycles. The number of carbonyl (C=O) groups excluding carboxylic acids is 2. The number of halogens is 2. The molecule has 1 N–H and O–H groups in total. The Morgan fingerprint density at radius 1 is 1.56 bits per heavy atom. The third-order valence-electron chi connectivity index (χ3n) is 2.27. The van der Waals surface area contributed by atoms with Crippen LogP contribution in [0.3, 0.4) is 0 Å². The molecule has 1 amide bonds. The molecule has 16 heavy (non-hydrogen) atoms. The molecule has 5 nitrogen and oxygen atoms in total. The highest BCUT2D eigenvalue weighted by atomic mass is 19.3. The van der Waals surface area contributed by atoms with Gasteiger partial charge in [0.05, 0.1) is 6.61 Å². The molecule has 0 bridgehead atoms. The van der Waals surface area contributed by atoms with Crippen LogP contribution in [0.2, 0.25) is 0 Å². The number of nitrogens with zero attached hydrogens (tertiary/aromatic N) is 1. The summed E-state index contributed by atoms with van der Waals surface area (Å²) in [5.41, 5.74) is 0. The summed E-state index contributed by atoms with van der Waals surface area (Å²) in [6.07, 6.45) is -3.09. The van der Waals surface area contributed by atoms with Crippen LogP contribution in [0.5, 0.6) is 0 Å². The monoisotopic (exact) mass is 236 g/mol. The maximum Gasteiger partial charge on any atom is 0.330 e. The van der Waals surface area contributed by atoms with Gasteiger partial charge in [0.25, 0.3) is 5.91 Å². The molecule has 0 aliphatic carbocycles. The Morgan fingerprint density at radius 3 is 2.81 bits per heavy atom. The zero-order valence-electron chi connectivity index (χ0n) is 8.91. The van der Waals surface area contributed by atoms with Crippen molar-refractivity contribution in [3.05, 3.63) is 0 Å². The highest BCUT2D eigenvalue weighted by Crippen LogP contribution is 2.10. The van der Waals surface area contributed by atoms with Gasteiger partial charge < -0.3 is 15.0 Å². The van der Waals surface area contributed by atoms with E-state index >= 15 is 0 Å². The van der Waals surface area contributed by atoms with E-state index in [9.17, 15) is 18.4 Å². The number of amides is 1. The summed E-state index contributed by atoms with van der Waals surface area (Å²) >= 11 is 0.